The normalized spacial score (nSPS) is 11.9. The van der Waals surface area contributed by atoms with Gasteiger partial charge in [0.15, 0.2) is 0 Å². The first kappa shape index (κ1) is 18.4. The Kier molecular flexibility index (Phi) is 5.35. The zero-order valence-corrected chi connectivity index (χ0v) is 14.3. The number of hydrazone groups is 1. The number of methoxy groups -OCH3 is 1. The number of nitro benzene ring substituents is 1. The van der Waals surface area contributed by atoms with E-state index in [2.05, 4.69) is 10.5 Å². The topological polar surface area (TPSA) is 137 Å². The van der Waals surface area contributed by atoms with Crippen LogP contribution < -0.4 is 15.3 Å². The SMILES string of the molecule is COc1cccc(/C(C)=N/Nc2ccc(S(N)(=O)=O)cc2[N+](=O)[O-])c1. The molecule has 132 valence electrons. The Hall–Kier alpha value is -2.98. The number of anilines is 1. The van der Waals surface area contributed by atoms with Crippen molar-refractivity contribution in [1.29, 1.82) is 0 Å². The minimum absolute atomic E-state index is 0.0413. The van der Waals surface area contributed by atoms with Crippen LogP contribution in [0.2, 0.25) is 0 Å². The summed E-state index contributed by atoms with van der Waals surface area (Å²) in [6.45, 7) is 1.71. The molecule has 2 aromatic rings. The lowest BCUT2D eigenvalue weighted by Crippen LogP contribution is -2.12. The quantitative estimate of drug-likeness (QED) is 0.457. The largest absolute Gasteiger partial charge is 0.497 e. The zero-order valence-electron chi connectivity index (χ0n) is 13.5. The highest BCUT2D eigenvalue weighted by Gasteiger charge is 2.19. The van der Waals surface area contributed by atoms with Crippen molar-refractivity contribution in [3.8, 4) is 5.75 Å². The number of sulfonamides is 1. The first-order valence-electron chi connectivity index (χ1n) is 6.98. The van der Waals surface area contributed by atoms with Gasteiger partial charge in [-0.25, -0.2) is 13.6 Å². The van der Waals surface area contributed by atoms with Gasteiger partial charge in [-0.1, -0.05) is 12.1 Å². The summed E-state index contributed by atoms with van der Waals surface area (Å²) in [5.41, 5.74) is 3.49. The minimum atomic E-state index is -4.04. The summed E-state index contributed by atoms with van der Waals surface area (Å²) in [6.07, 6.45) is 0. The van der Waals surface area contributed by atoms with Gasteiger partial charge in [0.2, 0.25) is 10.0 Å². The molecule has 0 aliphatic heterocycles. The molecule has 2 aromatic carbocycles. The number of nitro groups is 1. The van der Waals surface area contributed by atoms with E-state index in [9.17, 15) is 18.5 Å². The Morgan fingerprint density at radius 3 is 2.60 bits per heavy atom. The third-order valence-electron chi connectivity index (χ3n) is 3.33. The fourth-order valence-corrected chi connectivity index (χ4v) is 2.52. The van der Waals surface area contributed by atoms with E-state index < -0.39 is 20.6 Å². The molecular formula is C15H16N4O5S. The van der Waals surface area contributed by atoms with Gasteiger partial charge < -0.3 is 4.74 Å². The highest BCUT2D eigenvalue weighted by molar-refractivity contribution is 7.89. The number of nitrogens with one attached hydrogen (secondary N) is 1. The average molecular weight is 364 g/mol. The van der Waals surface area contributed by atoms with Crippen LogP contribution in [0.3, 0.4) is 0 Å². The number of hydrogen-bond acceptors (Lipinski definition) is 7. The lowest BCUT2D eigenvalue weighted by atomic mass is 10.1. The van der Waals surface area contributed by atoms with Crippen LogP contribution in [0.5, 0.6) is 5.75 Å². The van der Waals surface area contributed by atoms with E-state index in [0.29, 0.717) is 11.5 Å². The first-order valence-corrected chi connectivity index (χ1v) is 8.53. The zero-order chi connectivity index (χ0) is 18.6. The molecule has 0 aliphatic carbocycles. The Labute approximate surface area is 144 Å². The predicted molar refractivity (Wildman–Crippen MR) is 93.3 cm³/mol. The van der Waals surface area contributed by atoms with Crippen molar-refractivity contribution in [2.75, 3.05) is 12.5 Å². The smallest absolute Gasteiger partial charge is 0.295 e. The lowest BCUT2D eigenvalue weighted by Gasteiger charge is -2.07. The van der Waals surface area contributed by atoms with E-state index in [1.807, 2.05) is 6.07 Å². The van der Waals surface area contributed by atoms with E-state index in [4.69, 9.17) is 9.88 Å². The molecule has 0 fully saturated rings. The molecule has 0 atom stereocenters. The number of nitrogens with zero attached hydrogens (tertiary/aromatic N) is 2. The molecule has 0 saturated carbocycles. The molecule has 25 heavy (non-hydrogen) atoms. The fraction of sp³-hybridized carbons (Fsp3) is 0.133. The summed E-state index contributed by atoms with van der Waals surface area (Å²) >= 11 is 0. The minimum Gasteiger partial charge on any atom is -0.497 e. The Balaban J connectivity index is 2.34. The van der Waals surface area contributed by atoms with E-state index in [1.165, 1.54) is 12.1 Å². The molecule has 0 unspecified atom stereocenters. The van der Waals surface area contributed by atoms with Crippen LogP contribution in [-0.2, 0) is 10.0 Å². The first-order chi connectivity index (χ1) is 11.7. The van der Waals surface area contributed by atoms with E-state index in [1.54, 1.807) is 32.2 Å². The average Bonchev–Trinajstić information content (AvgIpc) is 2.58. The van der Waals surface area contributed by atoms with Gasteiger partial charge in [-0.15, -0.1) is 0 Å². The molecule has 2 rings (SSSR count). The van der Waals surface area contributed by atoms with Crippen molar-refractivity contribution in [2.24, 2.45) is 10.2 Å². The van der Waals surface area contributed by atoms with Crippen LogP contribution in [0.25, 0.3) is 0 Å². The molecule has 0 radical (unpaired) electrons. The fourth-order valence-electron chi connectivity index (χ4n) is 1.99. The predicted octanol–water partition coefficient (Wildman–Crippen LogP) is 2.09. The maximum Gasteiger partial charge on any atom is 0.295 e. The second kappa shape index (κ2) is 7.28. The third kappa shape index (κ3) is 4.52. The molecule has 0 heterocycles. The summed E-state index contributed by atoms with van der Waals surface area (Å²) in [4.78, 5) is 10.1. The van der Waals surface area contributed by atoms with Crippen LogP contribution in [0.15, 0.2) is 52.5 Å². The summed E-state index contributed by atoms with van der Waals surface area (Å²) in [5, 5.41) is 20.3. The molecule has 3 N–H and O–H groups in total. The third-order valence-corrected chi connectivity index (χ3v) is 4.24. The highest BCUT2D eigenvalue weighted by atomic mass is 32.2. The molecule has 0 spiro atoms. The van der Waals surface area contributed by atoms with Gasteiger partial charge in [-0.05, 0) is 31.2 Å². The summed E-state index contributed by atoms with van der Waals surface area (Å²) in [6, 6.07) is 10.4. The summed E-state index contributed by atoms with van der Waals surface area (Å²) < 4.78 is 27.8. The molecule has 0 saturated heterocycles. The van der Waals surface area contributed by atoms with Gasteiger partial charge in [0, 0.05) is 11.6 Å². The van der Waals surface area contributed by atoms with Crippen molar-refractivity contribution < 1.29 is 18.1 Å². The monoisotopic (exact) mass is 364 g/mol. The Morgan fingerprint density at radius 2 is 2.00 bits per heavy atom. The van der Waals surface area contributed by atoms with E-state index >= 15 is 0 Å². The number of primary sulfonamides is 1. The Morgan fingerprint density at radius 1 is 1.28 bits per heavy atom. The second-order valence-electron chi connectivity index (χ2n) is 5.02. The van der Waals surface area contributed by atoms with Crippen molar-refractivity contribution in [1.82, 2.24) is 0 Å². The van der Waals surface area contributed by atoms with Crippen LogP contribution in [0.1, 0.15) is 12.5 Å². The lowest BCUT2D eigenvalue weighted by molar-refractivity contribution is -0.384. The van der Waals surface area contributed by atoms with E-state index in [-0.39, 0.29) is 10.6 Å². The summed E-state index contributed by atoms with van der Waals surface area (Å²) in [7, 11) is -2.50. The van der Waals surface area contributed by atoms with Gasteiger partial charge in [-0.2, -0.15) is 5.10 Å². The van der Waals surface area contributed by atoms with Crippen LogP contribution in [0, 0.1) is 10.1 Å². The van der Waals surface area contributed by atoms with Gasteiger partial charge in [0.05, 0.1) is 22.6 Å². The van der Waals surface area contributed by atoms with E-state index in [0.717, 1.165) is 11.6 Å². The van der Waals surface area contributed by atoms with Crippen molar-refractivity contribution in [3.63, 3.8) is 0 Å². The number of rotatable bonds is 6. The molecular weight excluding hydrogens is 348 g/mol. The molecule has 0 bridgehead atoms. The standard InChI is InChI=1S/C15H16N4O5S/c1-10(11-4-3-5-12(8-11)24-2)17-18-14-7-6-13(25(16,22)23)9-15(14)19(20)21/h3-9,18H,1-2H3,(H2,16,22,23)/b17-10+. The van der Waals surface area contributed by atoms with Crippen LogP contribution in [0.4, 0.5) is 11.4 Å². The van der Waals surface area contributed by atoms with Crippen molar-refractivity contribution in [2.45, 2.75) is 11.8 Å². The Bertz CT molecular complexity index is 941. The maximum atomic E-state index is 11.3. The molecule has 10 heteroatoms. The molecule has 0 aliphatic rings. The van der Waals surface area contributed by atoms with Crippen LogP contribution in [-0.4, -0.2) is 26.2 Å². The van der Waals surface area contributed by atoms with Crippen molar-refractivity contribution >= 4 is 27.1 Å². The second-order valence-corrected chi connectivity index (χ2v) is 6.58. The molecule has 9 nitrogen and oxygen atoms in total. The number of hydrogen-bond donors (Lipinski definition) is 2. The number of benzene rings is 2. The van der Waals surface area contributed by atoms with Gasteiger partial charge >= 0.3 is 0 Å². The van der Waals surface area contributed by atoms with Gasteiger partial charge in [0.1, 0.15) is 11.4 Å². The number of ether oxygens (including phenoxy) is 1. The summed E-state index contributed by atoms with van der Waals surface area (Å²) in [5.74, 6) is 0.649. The maximum absolute atomic E-state index is 11.3. The number of nitrogens with two attached hydrogens (primary N) is 1. The molecule has 0 amide bonds. The van der Waals surface area contributed by atoms with Crippen LogP contribution >= 0.6 is 0 Å². The molecule has 0 aromatic heterocycles. The highest BCUT2D eigenvalue weighted by Crippen LogP contribution is 2.27. The van der Waals surface area contributed by atoms with Crippen molar-refractivity contribution in [3.05, 3.63) is 58.1 Å². The van der Waals surface area contributed by atoms with Gasteiger partial charge in [0.25, 0.3) is 5.69 Å². The van der Waals surface area contributed by atoms with Gasteiger partial charge in [-0.3, -0.25) is 15.5 Å².